The number of halogens is 2. The molecule has 1 aliphatic heterocycles. The van der Waals surface area contributed by atoms with Crippen LogP contribution in [0, 0.1) is 6.92 Å². The number of likely N-dealkylation sites (tertiary alicyclic amines) is 1. The van der Waals surface area contributed by atoms with Crippen molar-refractivity contribution in [2.24, 2.45) is 0 Å². The number of aromatic amines is 2. The second-order valence-corrected chi connectivity index (χ2v) is 10.0. The number of fused-ring (bicyclic) bond motifs is 1. The summed E-state index contributed by atoms with van der Waals surface area (Å²) in [6, 6.07) is 6.72. The van der Waals surface area contributed by atoms with Gasteiger partial charge in [-0.15, -0.1) is 12.4 Å². The number of imidazole rings is 1. The minimum Gasteiger partial charge on any atom is -0.349 e. The van der Waals surface area contributed by atoms with Gasteiger partial charge in [-0.3, -0.25) is 4.79 Å². The van der Waals surface area contributed by atoms with E-state index in [0.717, 1.165) is 29.7 Å². The zero-order chi connectivity index (χ0) is 20.6. The molecule has 7 nitrogen and oxygen atoms in total. The fourth-order valence-corrected chi connectivity index (χ4v) is 5.22. The lowest BCUT2D eigenvalue weighted by molar-refractivity contribution is -0.131. The standard InChI is InChI=1S/C20H23ClN4O3S.ClH/c1-13-22-12-18(23-13)14-4-7-25(8-5-14)20(26)6-9-29(27,28)19-11-15-10-16(21)2-3-17(15)24-19;/h2-3,10-12,14,24H,4-9H2,1H3,(H,22,23);1H. The third kappa shape index (κ3) is 4.82. The molecular weight excluding hydrogens is 447 g/mol. The Labute approximate surface area is 186 Å². The number of nitrogens with one attached hydrogen (secondary N) is 2. The number of aryl methyl sites for hydroxylation is 1. The van der Waals surface area contributed by atoms with Crippen LogP contribution in [0.1, 0.15) is 36.7 Å². The lowest BCUT2D eigenvalue weighted by atomic mass is 9.94. The molecule has 0 atom stereocenters. The Morgan fingerprint density at radius 1 is 1.27 bits per heavy atom. The Morgan fingerprint density at radius 3 is 2.67 bits per heavy atom. The van der Waals surface area contributed by atoms with E-state index in [2.05, 4.69) is 15.0 Å². The van der Waals surface area contributed by atoms with Gasteiger partial charge in [0.25, 0.3) is 0 Å². The highest BCUT2D eigenvalue weighted by Crippen LogP contribution is 2.27. The Balaban J connectivity index is 0.00000256. The lowest BCUT2D eigenvalue weighted by Crippen LogP contribution is -2.38. The number of H-pyrrole nitrogens is 2. The molecule has 0 radical (unpaired) electrons. The van der Waals surface area contributed by atoms with Crippen molar-refractivity contribution in [2.45, 2.75) is 37.1 Å². The van der Waals surface area contributed by atoms with Gasteiger partial charge in [-0.1, -0.05) is 11.6 Å². The molecule has 3 heterocycles. The van der Waals surface area contributed by atoms with E-state index in [0.29, 0.717) is 29.5 Å². The predicted molar refractivity (Wildman–Crippen MR) is 119 cm³/mol. The van der Waals surface area contributed by atoms with E-state index in [1.165, 1.54) is 0 Å². The number of aromatic nitrogens is 3. The molecule has 162 valence electrons. The van der Waals surface area contributed by atoms with Crippen molar-refractivity contribution in [1.82, 2.24) is 19.9 Å². The summed E-state index contributed by atoms with van der Waals surface area (Å²) >= 11 is 5.96. The molecule has 2 N–H and O–H groups in total. The summed E-state index contributed by atoms with van der Waals surface area (Å²) in [7, 11) is -3.58. The summed E-state index contributed by atoms with van der Waals surface area (Å²) in [4.78, 5) is 24.8. The maximum absolute atomic E-state index is 12.7. The molecule has 1 fully saturated rings. The van der Waals surface area contributed by atoms with Crippen LogP contribution in [0.3, 0.4) is 0 Å². The normalized spacial score (nSPS) is 15.3. The molecule has 10 heteroatoms. The molecule has 2 aromatic heterocycles. The van der Waals surface area contributed by atoms with E-state index in [1.807, 2.05) is 13.1 Å². The maximum Gasteiger partial charge on any atom is 0.223 e. The zero-order valence-corrected chi connectivity index (χ0v) is 18.9. The number of sulfone groups is 1. The molecular formula is C20H24Cl2N4O3S. The minimum atomic E-state index is -3.58. The molecule has 30 heavy (non-hydrogen) atoms. The van der Waals surface area contributed by atoms with Crippen molar-refractivity contribution < 1.29 is 13.2 Å². The van der Waals surface area contributed by atoms with Crippen LogP contribution in [0.4, 0.5) is 0 Å². The molecule has 0 spiro atoms. The van der Waals surface area contributed by atoms with Crippen molar-refractivity contribution in [3.05, 3.63) is 47.0 Å². The van der Waals surface area contributed by atoms with Crippen LogP contribution < -0.4 is 0 Å². The number of hydrogen-bond acceptors (Lipinski definition) is 4. The van der Waals surface area contributed by atoms with E-state index in [9.17, 15) is 13.2 Å². The second-order valence-electron chi connectivity index (χ2n) is 7.50. The molecule has 1 aliphatic rings. The van der Waals surface area contributed by atoms with Gasteiger partial charge in [0.1, 0.15) is 10.9 Å². The number of benzene rings is 1. The van der Waals surface area contributed by atoms with Gasteiger partial charge in [0.15, 0.2) is 9.84 Å². The number of piperidine rings is 1. The summed E-state index contributed by atoms with van der Waals surface area (Å²) < 4.78 is 25.3. The Kier molecular flexibility index (Phi) is 6.79. The zero-order valence-electron chi connectivity index (χ0n) is 16.5. The fraction of sp³-hybridized carbons (Fsp3) is 0.400. The SMILES string of the molecule is Cc1nc(C2CCN(C(=O)CCS(=O)(=O)c3cc4cc(Cl)ccc4[nH]3)CC2)c[nH]1.Cl. The minimum absolute atomic E-state index is 0. The van der Waals surface area contributed by atoms with Crippen molar-refractivity contribution in [2.75, 3.05) is 18.8 Å². The van der Waals surface area contributed by atoms with Crippen LogP contribution in [0.2, 0.25) is 5.02 Å². The number of rotatable bonds is 5. The van der Waals surface area contributed by atoms with Crippen LogP contribution in [0.25, 0.3) is 10.9 Å². The van der Waals surface area contributed by atoms with Crippen molar-refractivity contribution in [3.8, 4) is 0 Å². The van der Waals surface area contributed by atoms with E-state index >= 15 is 0 Å². The number of nitrogens with zero attached hydrogens (tertiary/aromatic N) is 2. The fourth-order valence-electron chi connectivity index (χ4n) is 3.80. The van der Waals surface area contributed by atoms with E-state index in [1.54, 1.807) is 29.2 Å². The van der Waals surface area contributed by atoms with Crippen molar-refractivity contribution in [1.29, 1.82) is 0 Å². The third-order valence-electron chi connectivity index (χ3n) is 5.47. The van der Waals surface area contributed by atoms with E-state index < -0.39 is 9.84 Å². The summed E-state index contributed by atoms with van der Waals surface area (Å²) in [5.74, 6) is 0.892. The maximum atomic E-state index is 12.7. The lowest BCUT2D eigenvalue weighted by Gasteiger charge is -2.31. The van der Waals surface area contributed by atoms with Crippen molar-refractivity contribution in [3.63, 3.8) is 0 Å². The monoisotopic (exact) mass is 470 g/mol. The van der Waals surface area contributed by atoms with Crippen molar-refractivity contribution >= 4 is 50.7 Å². The second kappa shape index (κ2) is 8.99. The first-order valence-electron chi connectivity index (χ1n) is 9.62. The van der Waals surface area contributed by atoms with Gasteiger partial charge in [0.05, 0.1) is 11.4 Å². The molecule has 0 saturated carbocycles. The van der Waals surface area contributed by atoms with Gasteiger partial charge in [0, 0.05) is 47.6 Å². The average molecular weight is 471 g/mol. The largest absolute Gasteiger partial charge is 0.349 e. The number of carbonyl (C=O) groups excluding carboxylic acids is 1. The Bertz CT molecular complexity index is 1150. The van der Waals surface area contributed by atoms with Crippen LogP contribution in [0.5, 0.6) is 0 Å². The Hall–Kier alpha value is -2.03. The first-order valence-corrected chi connectivity index (χ1v) is 11.7. The molecule has 0 bridgehead atoms. The summed E-state index contributed by atoms with van der Waals surface area (Å²) in [6.07, 6.45) is 3.58. The van der Waals surface area contributed by atoms with Crippen LogP contribution in [0.15, 0.2) is 35.5 Å². The summed E-state index contributed by atoms with van der Waals surface area (Å²) in [5, 5.41) is 1.40. The average Bonchev–Trinajstić information content (AvgIpc) is 3.32. The highest BCUT2D eigenvalue weighted by atomic mass is 35.5. The molecule has 4 rings (SSSR count). The Morgan fingerprint density at radius 2 is 2.00 bits per heavy atom. The van der Waals surface area contributed by atoms with Crippen LogP contribution in [-0.4, -0.2) is 53.0 Å². The van der Waals surface area contributed by atoms with Crippen LogP contribution in [-0.2, 0) is 14.6 Å². The highest BCUT2D eigenvalue weighted by molar-refractivity contribution is 7.91. The molecule has 1 amide bonds. The molecule has 3 aromatic rings. The van der Waals surface area contributed by atoms with Gasteiger partial charge in [-0.2, -0.15) is 0 Å². The van der Waals surface area contributed by atoms with E-state index in [-0.39, 0.29) is 35.5 Å². The summed E-state index contributed by atoms with van der Waals surface area (Å²) in [6.45, 7) is 3.17. The number of amides is 1. The quantitative estimate of drug-likeness (QED) is 0.591. The molecule has 0 aliphatic carbocycles. The van der Waals surface area contributed by atoms with Crippen LogP contribution >= 0.6 is 24.0 Å². The first kappa shape index (κ1) is 22.7. The topological polar surface area (TPSA) is 98.9 Å². The van der Waals surface area contributed by atoms with Gasteiger partial charge >= 0.3 is 0 Å². The number of hydrogen-bond donors (Lipinski definition) is 2. The molecule has 1 aromatic carbocycles. The molecule has 0 unspecified atom stereocenters. The van der Waals surface area contributed by atoms with Gasteiger partial charge in [0.2, 0.25) is 5.91 Å². The third-order valence-corrected chi connectivity index (χ3v) is 7.34. The number of carbonyl (C=O) groups is 1. The van der Waals surface area contributed by atoms with Gasteiger partial charge in [-0.25, -0.2) is 13.4 Å². The first-order chi connectivity index (χ1) is 13.8. The van der Waals surface area contributed by atoms with E-state index in [4.69, 9.17) is 11.6 Å². The van der Waals surface area contributed by atoms with Gasteiger partial charge in [-0.05, 0) is 44.0 Å². The molecule has 1 saturated heterocycles. The summed E-state index contributed by atoms with van der Waals surface area (Å²) in [5.41, 5.74) is 1.74. The highest BCUT2D eigenvalue weighted by Gasteiger charge is 2.26. The van der Waals surface area contributed by atoms with Gasteiger partial charge < -0.3 is 14.9 Å². The smallest absolute Gasteiger partial charge is 0.223 e. The predicted octanol–water partition coefficient (Wildman–Crippen LogP) is 3.84.